The van der Waals surface area contributed by atoms with Gasteiger partial charge in [-0.25, -0.2) is 4.79 Å². The molecule has 0 spiro atoms. The van der Waals surface area contributed by atoms with Crippen molar-refractivity contribution >= 4 is 29.2 Å². The van der Waals surface area contributed by atoms with Crippen LogP contribution >= 0.6 is 0 Å². The van der Waals surface area contributed by atoms with E-state index in [9.17, 15) is 14.4 Å². The fourth-order valence-corrected chi connectivity index (χ4v) is 5.15. The van der Waals surface area contributed by atoms with Crippen LogP contribution in [0.3, 0.4) is 0 Å². The zero-order valence-corrected chi connectivity index (χ0v) is 19.3. The summed E-state index contributed by atoms with van der Waals surface area (Å²) in [5.74, 6) is -0.0943. The summed E-state index contributed by atoms with van der Waals surface area (Å²) in [7, 11) is 0. The Labute approximate surface area is 195 Å². The number of hydrogen-bond acceptors (Lipinski definition) is 3. The molecule has 0 aromatic heterocycles. The van der Waals surface area contributed by atoms with E-state index in [1.807, 2.05) is 59.5 Å². The summed E-state index contributed by atoms with van der Waals surface area (Å²) in [6.07, 6.45) is 2.64. The Hall–Kier alpha value is -3.35. The van der Waals surface area contributed by atoms with Crippen molar-refractivity contribution in [2.75, 3.05) is 30.3 Å². The molecule has 2 atom stereocenters. The SMILES string of the molecule is CCc1ccc(NC(=O)N2CC[C@@H]3N(C(C)=O)CC[C@]3(C(=O)Nc3ccccc3)CC2)cc1. The number of anilines is 2. The van der Waals surface area contributed by atoms with Gasteiger partial charge in [0.15, 0.2) is 0 Å². The fraction of sp³-hybridized carbons (Fsp3) is 0.423. The number of amides is 4. The third-order valence-electron chi connectivity index (χ3n) is 7.10. The van der Waals surface area contributed by atoms with E-state index in [1.165, 1.54) is 5.56 Å². The number of fused-ring (bicyclic) bond motifs is 1. The first-order valence-corrected chi connectivity index (χ1v) is 11.7. The van der Waals surface area contributed by atoms with Crippen molar-refractivity contribution in [3.8, 4) is 0 Å². The van der Waals surface area contributed by atoms with E-state index in [1.54, 1.807) is 11.8 Å². The van der Waals surface area contributed by atoms with Gasteiger partial charge in [-0.3, -0.25) is 9.59 Å². The number of para-hydroxylation sites is 1. The van der Waals surface area contributed by atoms with E-state index in [0.717, 1.165) is 17.8 Å². The van der Waals surface area contributed by atoms with Crippen LogP contribution in [0.15, 0.2) is 54.6 Å². The number of rotatable bonds is 4. The highest BCUT2D eigenvalue weighted by molar-refractivity contribution is 5.97. The standard InChI is InChI=1S/C26H32N4O3/c1-3-20-9-11-22(12-10-20)28-25(33)29-16-13-23-26(14-17-29,15-18-30(23)19(2)31)24(32)27-21-7-5-4-6-8-21/h4-12,23H,3,13-18H2,1-2H3,(H,27,32)(H,28,33)/t23-,26+/m0/s1. The predicted octanol–water partition coefficient (Wildman–Crippen LogP) is 4.12. The molecule has 2 heterocycles. The van der Waals surface area contributed by atoms with Crippen LogP contribution in [-0.4, -0.2) is 53.3 Å². The summed E-state index contributed by atoms with van der Waals surface area (Å²) < 4.78 is 0. The molecule has 0 bridgehead atoms. The average molecular weight is 449 g/mol. The zero-order valence-electron chi connectivity index (χ0n) is 19.3. The molecule has 2 aromatic rings. The Morgan fingerprint density at radius 1 is 0.909 bits per heavy atom. The molecule has 0 aliphatic carbocycles. The van der Waals surface area contributed by atoms with Gasteiger partial charge in [-0.1, -0.05) is 37.3 Å². The smallest absolute Gasteiger partial charge is 0.321 e. The Kier molecular flexibility index (Phi) is 6.67. The van der Waals surface area contributed by atoms with Crippen LogP contribution < -0.4 is 10.6 Å². The molecule has 2 fully saturated rings. The molecule has 4 amide bonds. The van der Waals surface area contributed by atoms with E-state index in [4.69, 9.17) is 0 Å². The van der Waals surface area contributed by atoms with E-state index in [0.29, 0.717) is 38.9 Å². The maximum atomic E-state index is 13.6. The van der Waals surface area contributed by atoms with Gasteiger partial charge in [-0.2, -0.15) is 0 Å². The van der Waals surface area contributed by atoms with E-state index in [2.05, 4.69) is 17.6 Å². The summed E-state index contributed by atoms with van der Waals surface area (Å²) in [6, 6.07) is 16.8. The highest BCUT2D eigenvalue weighted by Gasteiger charge is 2.54. The quantitative estimate of drug-likeness (QED) is 0.738. The van der Waals surface area contributed by atoms with E-state index >= 15 is 0 Å². The molecule has 2 N–H and O–H groups in total. The number of carbonyl (C=O) groups excluding carboxylic acids is 3. The Morgan fingerprint density at radius 2 is 1.58 bits per heavy atom. The van der Waals surface area contributed by atoms with Crippen molar-refractivity contribution in [3.63, 3.8) is 0 Å². The lowest BCUT2D eigenvalue weighted by Crippen LogP contribution is -2.48. The second-order valence-electron chi connectivity index (χ2n) is 8.96. The minimum absolute atomic E-state index is 0.0247. The zero-order chi connectivity index (χ0) is 23.4. The van der Waals surface area contributed by atoms with Crippen molar-refractivity contribution < 1.29 is 14.4 Å². The third-order valence-corrected chi connectivity index (χ3v) is 7.10. The molecule has 4 rings (SSSR count). The van der Waals surface area contributed by atoms with Crippen molar-refractivity contribution in [2.24, 2.45) is 5.41 Å². The minimum atomic E-state index is -0.709. The molecule has 0 radical (unpaired) electrons. The van der Waals surface area contributed by atoms with Crippen LogP contribution in [0.1, 0.15) is 38.7 Å². The minimum Gasteiger partial charge on any atom is -0.339 e. The number of aryl methyl sites for hydroxylation is 1. The number of urea groups is 1. The van der Waals surface area contributed by atoms with Crippen molar-refractivity contribution in [1.29, 1.82) is 0 Å². The lowest BCUT2D eigenvalue weighted by atomic mass is 9.75. The van der Waals surface area contributed by atoms with E-state index < -0.39 is 5.41 Å². The van der Waals surface area contributed by atoms with Crippen LogP contribution in [0.25, 0.3) is 0 Å². The monoisotopic (exact) mass is 448 g/mol. The molecule has 2 aromatic carbocycles. The molecular weight excluding hydrogens is 416 g/mol. The van der Waals surface area contributed by atoms with Gasteiger partial charge in [0.1, 0.15) is 0 Å². The molecule has 0 unspecified atom stereocenters. The number of hydrogen-bond donors (Lipinski definition) is 2. The van der Waals surface area contributed by atoms with Crippen LogP contribution in [0, 0.1) is 5.41 Å². The van der Waals surface area contributed by atoms with Gasteiger partial charge in [0.05, 0.1) is 5.41 Å². The first kappa shape index (κ1) is 22.8. The van der Waals surface area contributed by atoms with Gasteiger partial charge in [0, 0.05) is 44.0 Å². The molecular formula is C26H32N4O3. The lowest BCUT2D eigenvalue weighted by Gasteiger charge is -2.35. The summed E-state index contributed by atoms with van der Waals surface area (Å²) in [5, 5.41) is 6.04. The summed E-state index contributed by atoms with van der Waals surface area (Å²) in [6.45, 7) is 5.17. The second-order valence-corrected chi connectivity index (χ2v) is 8.96. The topological polar surface area (TPSA) is 81.8 Å². The Bertz CT molecular complexity index is 1010. The molecule has 33 heavy (non-hydrogen) atoms. The largest absolute Gasteiger partial charge is 0.339 e. The highest BCUT2D eigenvalue weighted by Crippen LogP contribution is 2.44. The maximum Gasteiger partial charge on any atom is 0.321 e. The molecule has 7 heteroatoms. The Morgan fingerprint density at radius 3 is 2.24 bits per heavy atom. The first-order chi connectivity index (χ1) is 15.9. The molecule has 2 aliphatic rings. The van der Waals surface area contributed by atoms with Gasteiger partial charge < -0.3 is 20.4 Å². The van der Waals surface area contributed by atoms with Gasteiger partial charge in [0.25, 0.3) is 0 Å². The predicted molar refractivity (Wildman–Crippen MR) is 129 cm³/mol. The average Bonchev–Trinajstić information content (AvgIpc) is 3.09. The highest BCUT2D eigenvalue weighted by atomic mass is 16.2. The Balaban J connectivity index is 1.51. The molecule has 2 saturated heterocycles. The number of benzene rings is 2. The van der Waals surface area contributed by atoms with Crippen molar-refractivity contribution in [2.45, 2.75) is 45.6 Å². The van der Waals surface area contributed by atoms with Gasteiger partial charge in [-0.05, 0) is 55.5 Å². The number of nitrogens with one attached hydrogen (secondary N) is 2. The molecule has 0 saturated carbocycles. The second kappa shape index (κ2) is 9.65. The molecule has 7 nitrogen and oxygen atoms in total. The summed E-state index contributed by atoms with van der Waals surface area (Å²) in [5.41, 5.74) is 2.00. The van der Waals surface area contributed by atoms with Crippen LogP contribution in [-0.2, 0) is 16.0 Å². The van der Waals surface area contributed by atoms with Crippen molar-refractivity contribution in [3.05, 3.63) is 60.2 Å². The van der Waals surface area contributed by atoms with Gasteiger partial charge in [0.2, 0.25) is 11.8 Å². The normalized spacial score (nSPS) is 22.3. The summed E-state index contributed by atoms with van der Waals surface area (Å²) >= 11 is 0. The van der Waals surface area contributed by atoms with E-state index in [-0.39, 0.29) is 23.9 Å². The third kappa shape index (κ3) is 4.72. The fourth-order valence-electron chi connectivity index (χ4n) is 5.15. The van der Waals surface area contributed by atoms with Gasteiger partial charge in [-0.15, -0.1) is 0 Å². The summed E-state index contributed by atoms with van der Waals surface area (Å²) in [4.78, 5) is 42.5. The van der Waals surface area contributed by atoms with Crippen molar-refractivity contribution in [1.82, 2.24) is 9.80 Å². The number of nitrogens with zero attached hydrogens (tertiary/aromatic N) is 2. The van der Waals surface area contributed by atoms with Crippen LogP contribution in [0.5, 0.6) is 0 Å². The first-order valence-electron chi connectivity index (χ1n) is 11.7. The van der Waals surface area contributed by atoms with Crippen LogP contribution in [0.4, 0.5) is 16.2 Å². The lowest BCUT2D eigenvalue weighted by molar-refractivity contribution is -0.133. The molecule has 2 aliphatic heterocycles. The maximum absolute atomic E-state index is 13.6. The molecule has 174 valence electrons. The number of carbonyl (C=O) groups is 3. The number of likely N-dealkylation sites (tertiary alicyclic amines) is 2. The van der Waals surface area contributed by atoms with Gasteiger partial charge >= 0.3 is 6.03 Å². The van der Waals surface area contributed by atoms with Crippen LogP contribution in [0.2, 0.25) is 0 Å².